The Morgan fingerprint density at radius 1 is 1.02 bits per heavy atom. The summed E-state index contributed by atoms with van der Waals surface area (Å²) >= 11 is 0. The number of carbonyl (C=O) groups excluding carboxylic acids is 1. The number of hydrogen-bond acceptors (Lipinski definition) is 7. The van der Waals surface area contributed by atoms with Crippen molar-refractivity contribution >= 4 is 33.6 Å². The summed E-state index contributed by atoms with van der Waals surface area (Å²) in [7, 11) is 0. The van der Waals surface area contributed by atoms with E-state index in [-0.39, 0.29) is 17.9 Å². The summed E-state index contributed by atoms with van der Waals surface area (Å²) in [5.41, 5.74) is 4.80. The molecule has 47 heavy (non-hydrogen) atoms. The number of esters is 1. The Morgan fingerprint density at radius 3 is 2.53 bits per heavy atom. The van der Waals surface area contributed by atoms with Crippen LogP contribution in [0.1, 0.15) is 54.5 Å². The van der Waals surface area contributed by atoms with E-state index < -0.39 is 5.60 Å². The van der Waals surface area contributed by atoms with Crippen LogP contribution in [0.5, 0.6) is 0 Å². The third-order valence-electron chi connectivity index (χ3n) is 9.02. The topological polar surface area (TPSA) is 88.5 Å². The summed E-state index contributed by atoms with van der Waals surface area (Å²) in [5.74, 6) is 0.270. The molecule has 4 heterocycles. The lowest BCUT2D eigenvalue weighted by molar-refractivity contribution is -0.0592. The van der Waals surface area contributed by atoms with Crippen LogP contribution >= 0.6 is 0 Å². The van der Waals surface area contributed by atoms with Crippen LogP contribution in [-0.2, 0) is 29.1 Å². The minimum absolute atomic E-state index is 0.149. The Kier molecular flexibility index (Phi) is 8.20. The number of halogens is 1. The highest BCUT2D eigenvalue weighted by molar-refractivity contribution is 5.94. The number of piperazine rings is 1. The number of imidazole rings is 1. The molecule has 0 N–H and O–H groups in total. The molecule has 7 rings (SSSR count). The first kappa shape index (κ1) is 30.9. The van der Waals surface area contributed by atoms with Gasteiger partial charge in [-0.25, -0.2) is 14.2 Å². The summed E-state index contributed by atoms with van der Waals surface area (Å²) in [5, 5.41) is 10.2. The van der Waals surface area contributed by atoms with Gasteiger partial charge in [-0.3, -0.25) is 4.90 Å². The minimum atomic E-state index is -0.568. The second-order valence-corrected chi connectivity index (χ2v) is 13.5. The van der Waals surface area contributed by atoms with Gasteiger partial charge < -0.3 is 23.5 Å². The molecular formula is C37H39FN6O3. The van der Waals surface area contributed by atoms with Gasteiger partial charge in [0, 0.05) is 50.2 Å². The van der Waals surface area contributed by atoms with Gasteiger partial charge in [0.05, 0.1) is 59.5 Å². The maximum Gasteiger partial charge on any atom is 0.338 e. The smallest absolute Gasteiger partial charge is 0.338 e. The zero-order valence-electron chi connectivity index (χ0n) is 27.1. The third-order valence-corrected chi connectivity index (χ3v) is 9.02. The number of hydrogen-bond donors (Lipinski definition) is 0. The summed E-state index contributed by atoms with van der Waals surface area (Å²) in [6.45, 7) is 11.7. The fourth-order valence-electron chi connectivity index (χ4n) is 6.39. The Morgan fingerprint density at radius 2 is 1.83 bits per heavy atom. The lowest BCUT2D eigenvalue weighted by Crippen LogP contribution is -2.46. The van der Waals surface area contributed by atoms with E-state index in [0.717, 1.165) is 72.7 Å². The maximum atomic E-state index is 14.7. The summed E-state index contributed by atoms with van der Waals surface area (Å²) in [6, 6.07) is 20.8. The van der Waals surface area contributed by atoms with E-state index in [1.807, 2.05) is 45.2 Å². The van der Waals surface area contributed by atoms with Crippen molar-refractivity contribution in [3.63, 3.8) is 0 Å². The molecule has 0 saturated carbocycles. The van der Waals surface area contributed by atoms with Gasteiger partial charge >= 0.3 is 5.97 Å². The number of carbonyl (C=O) groups is 1. The Hall–Kier alpha value is -4.72. The van der Waals surface area contributed by atoms with Crippen LogP contribution in [-0.4, -0.2) is 69.5 Å². The molecule has 0 spiro atoms. The van der Waals surface area contributed by atoms with Gasteiger partial charge in [-0.1, -0.05) is 12.1 Å². The molecule has 9 nitrogen and oxygen atoms in total. The van der Waals surface area contributed by atoms with Gasteiger partial charge in [0.15, 0.2) is 0 Å². The molecule has 0 amide bonds. The van der Waals surface area contributed by atoms with Crippen LogP contribution in [0, 0.1) is 17.1 Å². The fourth-order valence-corrected chi connectivity index (χ4v) is 6.39. The highest BCUT2D eigenvalue weighted by atomic mass is 19.1. The standard InChI is InChI=1S/C37H39FN6O3/c1-37(2,3)47-36(45)27-7-9-32-34(19-27)44(23-30-11-17-46-30)35(40-32)24-41-13-15-42(16-14-41)29-8-6-26-10-12-43(33(26)20-29)22-28-5-4-25(21-39)18-31(28)38/h4-10,12,18-20,30H,11,13-17,22-24H2,1-3H3/t30-/m0/s1. The molecule has 2 saturated heterocycles. The molecule has 10 heteroatoms. The van der Waals surface area contributed by atoms with Gasteiger partial charge in [0.1, 0.15) is 17.2 Å². The lowest BCUT2D eigenvalue weighted by atomic mass is 10.1. The van der Waals surface area contributed by atoms with Gasteiger partial charge in [-0.05, 0) is 81.1 Å². The number of benzene rings is 3. The van der Waals surface area contributed by atoms with Crippen molar-refractivity contribution in [2.75, 3.05) is 37.7 Å². The van der Waals surface area contributed by atoms with Gasteiger partial charge in [0.25, 0.3) is 0 Å². The van der Waals surface area contributed by atoms with Crippen molar-refractivity contribution in [1.82, 2.24) is 19.0 Å². The second kappa shape index (κ2) is 12.5. The molecule has 0 aliphatic carbocycles. The second-order valence-electron chi connectivity index (χ2n) is 13.5. The van der Waals surface area contributed by atoms with E-state index in [1.165, 1.54) is 6.07 Å². The Balaban J connectivity index is 1.06. The number of nitriles is 1. The van der Waals surface area contributed by atoms with Crippen molar-refractivity contribution in [3.05, 3.63) is 95.2 Å². The maximum absolute atomic E-state index is 14.7. The Bertz CT molecular complexity index is 1990. The molecule has 2 aromatic heterocycles. The van der Waals surface area contributed by atoms with E-state index in [1.54, 1.807) is 18.2 Å². The number of fused-ring (bicyclic) bond motifs is 2. The number of ether oxygens (including phenoxy) is 2. The molecule has 2 fully saturated rings. The zero-order valence-corrected chi connectivity index (χ0v) is 27.1. The van der Waals surface area contributed by atoms with Gasteiger partial charge in [-0.15, -0.1) is 0 Å². The molecule has 1 atom stereocenters. The largest absolute Gasteiger partial charge is 0.456 e. The van der Waals surface area contributed by atoms with Crippen LogP contribution in [0.25, 0.3) is 21.9 Å². The minimum Gasteiger partial charge on any atom is -0.456 e. The number of nitrogens with zero attached hydrogens (tertiary/aromatic N) is 6. The van der Waals surface area contributed by atoms with Crippen LogP contribution in [0.4, 0.5) is 10.1 Å². The molecule has 242 valence electrons. The molecular weight excluding hydrogens is 595 g/mol. The SMILES string of the molecule is CC(C)(C)OC(=O)c1ccc2nc(CN3CCN(c4ccc5ccn(Cc6ccc(C#N)cc6F)c5c4)CC3)n(C[C@@H]3CCO3)c2c1. The average Bonchev–Trinajstić information content (AvgIpc) is 3.59. The average molecular weight is 635 g/mol. The fraction of sp³-hybridized carbons (Fsp3) is 0.378. The van der Waals surface area contributed by atoms with Crippen molar-refractivity contribution in [1.29, 1.82) is 5.26 Å². The van der Waals surface area contributed by atoms with Crippen LogP contribution in [0.2, 0.25) is 0 Å². The molecule has 0 radical (unpaired) electrons. The van der Waals surface area contributed by atoms with E-state index >= 15 is 0 Å². The number of aromatic nitrogens is 3. The van der Waals surface area contributed by atoms with Crippen molar-refractivity contribution < 1.29 is 18.7 Å². The third kappa shape index (κ3) is 6.59. The normalized spacial score (nSPS) is 17.2. The van der Waals surface area contributed by atoms with E-state index in [4.69, 9.17) is 19.7 Å². The van der Waals surface area contributed by atoms with E-state index in [2.05, 4.69) is 43.2 Å². The number of rotatable bonds is 8. The first-order chi connectivity index (χ1) is 22.6. The zero-order chi connectivity index (χ0) is 32.7. The molecule has 5 aromatic rings. The molecule has 3 aromatic carbocycles. The van der Waals surface area contributed by atoms with E-state index in [9.17, 15) is 9.18 Å². The monoisotopic (exact) mass is 634 g/mol. The first-order valence-electron chi connectivity index (χ1n) is 16.2. The summed E-state index contributed by atoms with van der Waals surface area (Å²) in [6.07, 6.45) is 3.15. The van der Waals surface area contributed by atoms with Crippen LogP contribution in [0.15, 0.2) is 66.9 Å². The van der Waals surface area contributed by atoms with Crippen LogP contribution in [0.3, 0.4) is 0 Å². The predicted octanol–water partition coefficient (Wildman–Crippen LogP) is 6.12. The molecule has 2 aliphatic heterocycles. The van der Waals surface area contributed by atoms with Crippen molar-refractivity contribution in [2.24, 2.45) is 0 Å². The highest BCUT2D eigenvalue weighted by Gasteiger charge is 2.26. The van der Waals surface area contributed by atoms with Crippen molar-refractivity contribution in [3.8, 4) is 6.07 Å². The molecule has 0 bridgehead atoms. The quantitative estimate of drug-likeness (QED) is 0.190. The lowest BCUT2D eigenvalue weighted by Gasteiger charge is -2.36. The van der Waals surface area contributed by atoms with E-state index in [0.29, 0.717) is 36.3 Å². The summed E-state index contributed by atoms with van der Waals surface area (Å²) in [4.78, 5) is 22.7. The molecule has 2 aliphatic rings. The predicted molar refractivity (Wildman–Crippen MR) is 179 cm³/mol. The summed E-state index contributed by atoms with van der Waals surface area (Å²) < 4.78 is 30.4. The van der Waals surface area contributed by atoms with Crippen molar-refractivity contribution in [2.45, 2.75) is 58.5 Å². The number of anilines is 1. The van der Waals surface area contributed by atoms with Crippen LogP contribution < -0.4 is 4.90 Å². The first-order valence-corrected chi connectivity index (χ1v) is 16.2. The highest BCUT2D eigenvalue weighted by Crippen LogP contribution is 2.28. The van der Waals surface area contributed by atoms with Gasteiger partial charge in [0.2, 0.25) is 0 Å². The Labute approximate surface area is 273 Å². The van der Waals surface area contributed by atoms with Gasteiger partial charge in [-0.2, -0.15) is 5.26 Å². The molecule has 0 unspecified atom stereocenters.